The van der Waals surface area contributed by atoms with Gasteiger partial charge in [0.25, 0.3) is 0 Å². The highest BCUT2D eigenvalue weighted by Crippen LogP contribution is 2.13. The molecule has 17 heavy (non-hydrogen) atoms. The van der Waals surface area contributed by atoms with Crippen LogP contribution in [0.5, 0.6) is 0 Å². The van der Waals surface area contributed by atoms with Gasteiger partial charge in [0.2, 0.25) is 0 Å². The Kier molecular flexibility index (Phi) is 3.49. The highest BCUT2D eigenvalue weighted by Gasteiger charge is 2.05. The van der Waals surface area contributed by atoms with Crippen molar-refractivity contribution in [2.24, 2.45) is 0 Å². The second-order valence-corrected chi connectivity index (χ2v) is 4.42. The van der Waals surface area contributed by atoms with Crippen LogP contribution in [0.2, 0.25) is 0 Å². The van der Waals surface area contributed by atoms with Crippen molar-refractivity contribution in [1.82, 2.24) is 4.90 Å². The summed E-state index contributed by atoms with van der Waals surface area (Å²) in [6.07, 6.45) is 1.74. The molecule has 90 valence electrons. The molecule has 1 aromatic carbocycles. The average Bonchev–Trinajstić information content (AvgIpc) is 2.68. The Hall–Kier alpha value is -1.74. The summed E-state index contributed by atoms with van der Waals surface area (Å²) >= 11 is 0. The Morgan fingerprint density at radius 2 is 1.82 bits per heavy atom. The maximum atomic E-state index is 5.66. The molecule has 0 radical (unpaired) electrons. The minimum atomic E-state index is 0.807. The van der Waals surface area contributed by atoms with E-state index < -0.39 is 0 Å². The zero-order valence-corrected chi connectivity index (χ0v) is 10.3. The van der Waals surface area contributed by atoms with Crippen LogP contribution in [0.25, 0.3) is 0 Å². The molecule has 0 bridgehead atoms. The molecule has 2 aromatic rings. The third-order valence-corrected chi connectivity index (χ3v) is 2.84. The van der Waals surface area contributed by atoms with Crippen LogP contribution in [0.3, 0.4) is 0 Å². The normalized spacial score (nSPS) is 11.0. The summed E-state index contributed by atoms with van der Waals surface area (Å²) in [5.74, 6) is 0.995. The first kappa shape index (κ1) is 11.7. The van der Waals surface area contributed by atoms with E-state index in [-0.39, 0.29) is 0 Å². The first-order chi connectivity index (χ1) is 8.15. The van der Waals surface area contributed by atoms with Gasteiger partial charge in [0.1, 0.15) is 5.76 Å². The van der Waals surface area contributed by atoms with Crippen LogP contribution in [0.4, 0.5) is 5.69 Å². The van der Waals surface area contributed by atoms with Crippen LogP contribution in [-0.4, -0.2) is 11.9 Å². The molecule has 0 aliphatic carbocycles. The molecule has 0 saturated carbocycles. The van der Waals surface area contributed by atoms with Gasteiger partial charge in [0, 0.05) is 24.3 Å². The van der Waals surface area contributed by atoms with Crippen molar-refractivity contribution in [3.8, 4) is 0 Å². The second-order valence-electron chi connectivity index (χ2n) is 4.42. The van der Waals surface area contributed by atoms with Crippen molar-refractivity contribution in [2.45, 2.75) is 20.0 Å². The van der Waals surface area contributed by atoms with E-state index in [0.29, 0.717) is 0 Å². The fourth-order valence-electron chi connectivity index (χ4n) is 1.86. The van der Waals surface area contributed by atoms with Gasteiger partial charge in [0.05, 0.1) is 6.26 Å². The van der Waals surface area contributed by atoms with E-state index in [1.807, 2.05) is 25.1 Å². The van der Waals surface area contributed by atoms with Crippen molar-refractivity contribution in [3.63, 3.8) is 0 Å². The standard InChI is InChI=1S/C14H18N2O/c1-11-13(7-8-17-11)10-16(2)9-12-3-5-14(15)6-4-12/h3-8H,9-10,15H2,1-2H3. The molecular formula is C14H18N2O. The van der Waals surface area contributed by atoms with Crippen LogP contribution >= 0.6 is 0 Å². The highest BCUT2D eigenvalue weighted by atomic mass is 16.3. The van der Waals surface area contributed by atoms with Gasteiger partial charge in [-0.05, 0) is 37.7 Å². The first-order valence-electron chi connectivity index (χ1n) is 5.71. The van der Waals surface area contributed by atoms with Gasteiger partial charge in [0.15, 0.2) is 0 Å². The summed E-state index contributed by atoms with van der Waals surface area (Å²) in [5, 5.41) is 0. The lowest BCUT2D eigenvalue weighted by molar-refractivity contribution is 0.316. The Balaban J connectivity index is 1.95. The molecule has 0 fully saturated rings. The van der Waals surface area contributed by atoms with Crippen molar-refractivity contribution in [3.05, 3.63) is 53.5 Å². The number of aryl methyl sites for hydroxylation is 1. The molecule has 2 N–H and O–H groups in total. The Morgan fingerprint density at radius 1 is 1.12 bits per heavy atom. The number of benzene rings is 1. The maximum Gasteiger partial charge on any atom is 0.105 e. The molecule has 0 amide bonds. The quantitative estimate of drug-likeness (QED) is 0.821. The first-order valence-corrected chi connectivity index (χ1v) is 5.71. The molecule has 2 rings (SSSR count). The van der Waals surface area contributed by atoms with Crippen molar-refractivity contribution >= 4 is 5.69 Å². The summed E-state index contributed by atoms with van der Waals surface area (Å²) in [6, 6.07) is 10.0. The van der Waals surface area contributed by atoms with E-state index in [4.69, 9.17) is 10.2 Å². The van der Waals surface area contributed by atoms with E-state index >= 15 is 0 Å². The molecule has 0 spiro atoms. The van der Waals surface area contributed by atoms with Crippen molar-refractivity contribution < 1.29 is 4.42 Å². The van der Waals surface area contributed by atoms with E-state index in [1.54, 1.807) is 6.26 Å². The number of anilines is 1. The van der Waals surface area contributed by atoms with Crippen LogP contribution in [0.1, 0.15) is 16.9 Å². The molecular weight excluding hydrogens is 212 g/mol. The largest absolute Gasteiger partial charge is 0.469 e. The topological polar surface area (TPSA) is 42.4 Å². The van der Waals surface area contributed by atoms with E-state index in [1.165, 1.54) is 11.1 Å². The zero-order chi connectivity index (χ0) is 12.3. The third-order valence-electron chi connectivity index (χ3n) is 2.84. The molecule has 0 aliphatic rings. The predicted molar refractivity (Wildman–Crippen MR) is 69.5 cm³/mol. The van der Waals surface area contributed by atoms with Gasteiger partial charge < -0.3 is 10.2 Å². The van der Waals surface area contributed by atoms with Gasteiger partial charge in [-0.1, -0.05) is 12.1 Å². The Labute approximate surface area is 102 Å². The van der Waals surface area contributed by atoms with Gasteiger partial charge in [-0.15, -0.1) is 0 Å². The number of nitrogens with zero attached hydrogens (tertiary/aromatic N) is 1. The van der Waals surface area contributed by atoms with Crippen LogP contribution in [0.15, 0.2) is 41.0 Å². The summed E-state index contributed by atoms with van der Waals surface area (Å²) in [7, 11) is 2.10. The lowest BCUT2D eigenvalue weighted by Gasteiger charge is -2.16. The summed E-state index contributed by atoms with van der Waals surface area (Å²) < 4.78 is 5.29. The molecule has 0 aliphatic heterocycles. The summed E-state index contributed by atoms with van der Waals surface area (Å²) in [6.45, 7) is 3.80. The minimum absolute atomic E-state index is 0.807. The van der Waals surface area contributed by atoms with Crippen molar-refractivity contribution in [2.75, 3.05) is 12.8 Å². The summed E-state index contributed by atoms with van der Waals surface area (Å²) in [4.78, 5) is 2.25. The number of rotatable bonds is 4. The Morgan fingerprint density at radius 3 is 2.41 bits per heavy atom. The minimum Gasteiger partial charge on any atom is -0.469 e. The molecule has 0 saturated heterocycles. The molecule has 0 unspecified atom stereocenters. The van der Waals surface area contributed by atoms with Crippen LogP contribution in [-0.2, 0) is 13.1 Å². The number of nitrogen functional groups attached to an aromatic ring is 1. The molecule has 1 heterocycles. The number of hydrogen-bond acceptors (Lipinski definition) is 3. The van der Waals surface area contributed by atoms with Crippen LogP contribution < -0.4 is 5.73 Å². The van der Waals surface area contributed by atoms with Gasteiger partial charge in [-0.2, -0.15) is 0 Å². The SMILES string of the molecule is Cc1occc1CN(C)Cc1ccc(N)cc1. The fraction of sp³-hybridized carbons (Fsp3) is 0.286. The zero-order valence-electron chi connectivity index (χ0n) is 10.3. The molecule has 1 aromatic heterocycles. The smallest absolute Gasteiger partial charge is 0.105 e. The van der Waals surface area contributed by atoms with E-state index in [0.717, 1.165) is 24.5 Å². The second kappa shape index (κ2) is 5.06. The number of hydrogen-bond donors (Lipinski definition) is 1. The summed E-state index contributed by atoms with van der Waals surface area (Å²) in [5.41, 5.74) is 8.97. The van der Waals surface area contributed by atoms with Gasteiger partial charge in [-0.25, -0.2) is 0 Å². The van der Waals surface area contributed by atoms with E-state index in [9.17, 15) is 0 Å². The molecule has 0 atom stereocenters. The van der Waals surface area contributed by atoms with Crippen molar-refractivity contribution in [1.29, 1.82) is 0 Å². The fourth-order valence-corrected chi connectivity index (χ4v) is 1.86. The van der Waals surface area contributed by atoms with E-state index in [2.05, 4.69) is 24.1 Å². The number of furan rings is 1. The van der Waals surface area contributed by atoms with Gasteiger partial charge >= 0.3 is 0 Å². The van der Waals surface area contributed by atoms with Gasteiger partial charge in [-0.3, -0.25) is 4.90 Å². The average molecular weight is 230 g/mol. The monoisotopic (exact) mass is 230 g/mol. The molecule has 3 heteroatoms. The molecule has 3 nitrogen and oxygen atoms in total. The lowest BCUT2D eigenvalue weighted by atomic mass is 10.2. The Bertz CT molecular complexity index is 473. The van der Waals surface area contributed by atoms with Crippen LogP contribution in [0, 0.1) is 6.92 Å². The number of nitrogens with two attached hydrogens (primary N) is 1. The highest BCUT2D eigenvalue weighted by molar-refractivity contribution is 5.39. The predicted octanol–water partition coefficient (Wildman–Crippen LogP) is 2.80. The maximum absolute atomic E-state index is 5.66. The lowest BCUT2D eigenvalue weighted by Crippen LogP contribution is -2.17. The third kappa shape index (κ3) is 3.11.